The molecule has 0 spiro atoms. The molecule has 1 saturated carbocycles. The highest BCUT2D eigenvalue weighted by molar-refractivity contribution is 4.87. The Labute approximate surface area is 112 Å². The van der Waals surface area contributed by atoms with Crippen LogP contribution in [0.1, 0.15) is 52.9 Å². The predicted octanol–water partition coefficient (Wildman–Crippen LogP) is 2.58. The van der Waals surface area contributed by atoms with Gasteiger partial charge in [-0.3, -0.25) is 0 Å². The van der Waals surface area contributed by atoms with Gasteiger partial charge in [-0.2, -0.15) is 0 Å². The molecule has 0 atom stereocenters. The van der Waals surface area contributed by atoms with E-state index in [1.165, 1.54) is 0 Å². The second kappa shape index (κ2) is 8.13. The summed E-state index contributed by atoms with van der Waals surface area (Å²) in [6.45, 7) is 10.3. The maximum absolute atomic E-state index is 9.67. The van der Waals surface area contributed by atoms with E-state index < -0.39 is 0 Å². The first-order chi connectivity index (χ1) is 8.58. The highest BCUT2D eigenvalue weighted by Gasteiger charge is 2.34. The van der Waals surface area contributed by atoms with Gasteiger partial charge in [-0.1, -0.05) is 13.8 Å². The van der Waals surface area contributed by atoms with E-state index in [-0.39, 0.29) is 6.10 Å². The summed E-state index contributed by atoms with van der Waals surface area (Å²) in [5.41, 5.74) is 0.350. The molecule has 0 aromatic carbocycles. The lowest BCUT2D eigenvalue weighted by Gasteiger charge is -2.39. The number of hydrogen-bond acceptors (Lipinski definition) is 3. The van der Waals surface area contributed by atoms with Gasteiger partial charge < -0.3 is 15.2 Å². The molecule has 1 rings (SSSR count). The minimum atomic E-state index is -0.0738. The van der Waals surface area contributed by atoms with Crippen LogP contribution in [0.3, 0.4) is 0 Å². The second-order valence-corrected chi connectivity index (χ2v) is 6.20. The Morgan fingerprint density at radius 2 is 2.00 bits per heavy atom. The zero-order valence-electron chi connectivity index (χ0n) is 12.4. The molecule has 108 valence electrons. The third kappa shape index (κ3) is 5.68. The maximum atomic E-state index is 9.67. The highest BCUT2D eigenvalue weighted by atomic mass is 16.5. The van der Waals surface area contributed by atoms with Crippen LogP contribution in [0.5, 0.6) is 0 Å². The van der Waals surface area contributed by atoms with Crippen molar-refractivity contribution in [3.05, 3.63) is 0 Å². The molecule has 3 heteroatoms. The first kappa shape index (κ1) is 15.9. The van der Waals surface area contributed by atoms with E-state index in [1.807, 2.05) is 6.92 Å². The van der Waals surface area contributed by atoms with Crippen molar-refractivity contribution in [3.63, 3.8) is 0 Å². The lowest BCUT2D eigenvalue weighted by Crippen LogP contribution is -2.40. The first-order valence-corrected chi connectivity index (χ1v) is 7.54. The van der Waals surface area contributed by atoms with Crippen LogP contribution in [0.4, 0.5) is 0 Å². The van der Waals surface area contributed by atoms with Gasteiger partial charge in [-0.15, -0.1) is 0 Å². The number of rotatable bonds is 8. The smallest absolute Gasteiger partial charge is 0.0540 e. The Morgan fingerprint density at radius 3 is 2.56 bits per heavy atom. The zero-order valence-corrected chi connectivity index (χ0v) is 12.4. The lowest BCUT2D eigenvalue weighted by molar-refractivity contribution is 0.0326. The molecule has 3 nitrogen and oxygen atoms in total. The fraction of sp³-hybridized carbons (Fsp3) is 1.00. The summed E-state index contributed by atoms with van der Waals surface area (Å²) in [4.78, 5) is 0. The lowest BCUT2D eigenvalue weighted by atomic mass is 9.71. The van der Waals surface area contributed by atoms with Gasteiger partial charge in [-0.05, 0) is 56.9 Å². The number of hydrogen-bond donors (Lipinski definition) is 2. The van der Waals surface area contributed by atoms with Crippen molar-refractivity contribution in [2.24, 2.45) is 11.3 Å². The number of aliphatic hydroxyl groups excluding tert-OH is 1. The van der Waals surface area contributed by atoms with Crippen LogP contribution in [-0.2, 0) is 4.74 Å². The Bertz CT molecular complexity index is 211. The molecule has 0 aromatic rings. The third-order valence-corrected chi connectivity index (χ3v) is 4.05. The molecular weight excluding hydrogens is 226 g/mol. The number of aliphatic hydroxyl groups is 1. The van der Waals surface area contributed by atoms with Crippen molar-refractivity contribution < 1.29 is 9.84 Å². The van der Waals surface area contributed by atoms with Crippen molar-refractivity contribution in [1.29, 1.82) is 0 Å². The van der Waals surface area contributed by atoms with Gasteiger partial charge in [0.1, 0.15) is 0 Å². The van der Waals surface area contributed by atoms with Gasteiger partial charge in [0.25, 0.3) is 0 Å². The van der Waals surface area contributed by atoms with Crippen molar-refractivity contribution in [1.82, 2.24) is 5.32 Å². The van der Waals surface area contributed by atoms with Gasteiger partial charge >= 0.3 is 0 Å². The summed E-state index contributed by atoms with van der Waals surface area (Å²) in [5, 5.41) is 13.3. The fourth-order valence-corrected chi connectivity index (χ4v) is 2.79. The molecule has 2 N–H and O–H groups in total. The number of nitrogens with one attached hydrogen (secondary N) is 1. The van der Waals surface area contributed by atoms with Crippen LogP contribution in [-0.4, -0.2) is 37.5 Å². The number of ether oxygens (including phenoxy) is 1. The predicted molar refractivity (Wildman–Crippen MR) is 75.7 cm³/mol. The van der Waals surface area contributed by atoms with Gasteiger partial charge in [-0.25, -0.2) is 0 Å². The minimum Gasteiger partial charge on any atom is -0.393 e. The standard InChI is InChI=1S/C15H31NO2/c1-4-18-10-9-15(12-16-11-13(2)3)7-5-14(17)6-8-15/h13-14,16-17H,4-12H2,1-3H3. The molecule has 1 aliphatic rings. The van der Waals surface area contributed by atoms with E-state index in [0.29, 0.717) is 11.3 Å². The van der Waals surface area contributed by atoms with Gasteiger partial charge in [0.2, 0.25) is 0 Å². The van der Waals surface area contributed by atoms with E-state index in [2.05, 4.69) is 19.2 Å². The SMILES string of the molecule is CCOCCC1(CNCC(C)C)CCC(O)CC1. The van der Waals surface area contributed by atoms with Crippen LogP contribution in [0.2, 0.25) is 0 Å². The van der Waals surface area contributed by atoms with Crippen molar-refractivity contribution >= 4 is 0 Å². The van der Waals surface area contributed by atoms with Crippen molar-refractivity contribution in [2.75, 3.05) is 26.3 Å². The minimum absolute atomic E-state index is 0.0738. The molecular formula is C15H31NO2. The average molecular weight is 257 g/mol. The molecule has 0 heterocycles. The largest absolute Gasteiger partial charge is 0.393 e. The van der Waals surface area contributed by atoms with E-state index >= 15 is 0 Å². The quantitative estimate of drug-likeness (QED) is 0.657. The molecule has 0 aromatic heterocycles. The summed E-state index contributed by atoms with van der Waals surface area (Å²) in [6.07, 6.45) is 5.22. The molecule has 18 heavy (non-hydrogen) atoms. The highest BCUT2D eigenvalue weighted by Crippen LogP contribution is 2.39. The molecule has 1 aliphatic carbocycles. The molecule has 0 radical (unpaired) electrons. The molecule has 0 saturated heterocycles. The van der Waals surface area contributed by atoms with Crippen LogP contribution in [0.25, 0.3) is 0 Å². The van der Waals surface area contributed by atoms with Crippen LogP contribution >= 0.6 is 0 Å². The van der Waals surface area contributed by atoms with Gasteiger partial charge in [0.05, 0.1) is 6.10 Å². The average Bonchev–Trinajstić information content (AvgIpc) is 2.33. The van der Waals surface area contributed by atoms with E-state index in [4.69, 9.17) is 4.74 Å². The summed E-state index contributed by atoms with van der Waals surface area (Å²) in [6, 6.07) is 0. The maximum Gasteiger partial charge on any atom is 0.0540 e. The normalized spacial score (nSPS) is 28.8. The van der Waals surface area contributed by atoms with Crippen LogP contribution in [0.15, 0.2) is 0 Å². The topological polar surface area (TPSA) is 41.5 Å². The van der Waals surface area contributed by atoms with E-state index in [9.17, 15) is 5.11 Å². The monoisotopic (exact) mass is 257 g/mol. The van der Waals surface area contributed by atoms with Crippen LogP contribution < -0.4 is 5.32 Å². The second-order valence-electron chi connectivity index (χ2n) is 6.20. The summed E-state index contributed by atoms with van der Waals surface area (Å²) >= 11 is 0. The summed E-state index contributed by atoms with van der Waals surface area (Å²) < 4.78 is 5.53. The van der Waals surface area contributed by atoms with Crippen LogP contribution in [0, 0.1) is 11.3 Å². The third-order valence-electron chi connectivity index (χ3n) is 4.05. The molecule has 0 aliphatic heterocycles. The fourth-order valence-electron chi connectivity index (χ4n) is 2.79. The molecule has 0 unspecified atom stereocenters. The first-order valence-electron chi connectivity index (χ1n) is 7.54. The van der Waals surface area contributed by atoms with Gasteiger partial charge in [0, 0.05) is 19.8 Å². The summed E-state index contributed by atoms with van der Waals surface area (Å²) in [7, 11) is 0. The van der Waals surface area contributed by atoms with Gasteiger partial charge in [0.15, 0.2) is 0 Å². The van der Waals surface area contributed by atoms with E-state index in [1.54, 1.807) is 0 Å². The molecule has 0 amide bonds. The Hall–Kier alpha value is -0.120. The Balaban J connectivity index is 2.40. The Morgan fingerprint density at radius 1 is 1.33 bits per heavy atom. The van der Waals surface area contributed by atoms with E-state index in [0.717, 1.165) is 58.4 Å². The Kier molecular flexibility index (Phi) is 7.20. The van der Waals surface area contributed by atoms with Crippen molar-refractivity contribution in [2.45, 2.75) is 59.0 Å². The zero-order chi connectivity index (χ0) is 13.4. The molecule has 1 fully saturated rings. The molecule has 0 bridgehead atoms. The van der Waals surface area contributed by atoms with Crippen molar-refractivity contribution in [3.8, 4) is 0 Å². The summed E-state index contributed by atoms with van der Waals surface area (Å²) in [5.74, 6) is 0.697.